The fourth-order valence-electron chi connectivity index (χ4n) is 5.18. The van der Waals surface area contributed by atoms with Crippen molar-refractivity contribution in [2.45, 2.75) is 43.9 Å². The molecular weight excluding hydrogens is 208 g/mol. The molecule has 0 amide bonds. The number of pyridine rings is 1. The summed E-state index contributed by atoms with van der Waals surface area (Å²) in [5, 5.41) is 0. The van der Waals surface area contributed by atoms with Crippen molar-refractivity contribution in [3.63, 3.8) is 0 Å². The largest absolute Gasteiger partial charge is 0.384 e. The van der Waals surface area contributed by atoms with Crippen LogP contribution in [0.4, 0.5) is 5.82 Å². The molecule has 0 radical (unpaired) electrons. The summed E-state index contributed by atoms with van der Waals surface area (Å²) in [6, 6.07) is 4.21. The molecule has 0 saturated heterocycles. The van der Waals surface area contributed by atoms with Crippen LogP contribution in [0.15, 0.2) is 18.3 Å². The molecule has 4 aliphatic carbocycles. The van der Waals surface area contributed by atoms with Gasteiger partial charge in [0.25, 0.3) is 0 Å². The van der Waals surface area contributed by atoms with Gasteiger partial charge in [-0.25, -0.2) is 4.98 Å². The first kappa shape index (κ1) is 9.93. The van der Waals surface area contributed by atoms with Crippen LogP contribution < -0.4 is 5.73 Å². The number of hydrogen-bond donors (Lipinski definition) is 1. The highest BCUT2D eigenvalue weighted by atomic mass is 14.8. The Hall–Kier alpha value is -1.05. The molecule has 17 heavy (non-hydrogen) atoms. The molecule has 0 aromatic carbocycles. The first-order chi connectivity index (χ1) is 8.23. The van der Waals surface area contributed by atoms with E-state index in [0.29, 0.717) is 11.2 Å². The topological polar surface area (TPSA) is 38.9 Å². The van der Waals surface area contributed by atoms with Gasteiger partial charge in [-0.05, 0) is 73.3 Å². The molecule has 4 bridgehead atoms. The zero-order chi connectivity index (χ0) is 11.5. The van der Waals surface area contributed by atoms with Crippen LogP contribution in [0.3, 0.4) is 0 Å². The number of nitrogens with two attached hydrogens (primary N) is 1. The van der Waals surface area contributed by atoms with E-state index in [1.165, 1.54) is 44.1 Å². The van der Waals surface area contributed by atoms with Crippen molar-refractivity contribution in [1.29, 1.82) is 0 Å². The highest BCUT2D eigenvalue weighted by molar-refractivity contribution is 5.34. The van der Waals surface area contributed by atoms with E-state index in [-0.39, 0.29) is 0 Å². The van der Waals surface area contributed by atoms with Crippen molar-refractivity contribution in [2.75, 3.05) is 5.73 Å². The van der Waals surface area contributed by atoms with E-state index >= 15 is 0 Å². The van der Waals surface area contributed by atoms with Gasteiger partial charge in [0.2, 0.25) is 0 Å². The van der Waals surface area contributed by atoms with Crippen LogP contribution >= 0.6 is 0 Å². The predicted octanol–water partition coefficient (Wildman–Crippen LogP) is 3.13. The smallest absolute Gasteiger partial charge is 0.123 e. The summed E-state index contributed by atoms with van der Waals surface area (Å²) >= 11 is 0. The van der Waals surface area contributed by atoms with E-state index in [1.54, 1.807) is 0 Å². The molecule has 1 aromatic rings. The van der Waals surface area contributed by atoms with Crippen LogP contribution in [0.1, 0.15) is 44.1 Å². The fourth-order valence-corrected chi connectivity index (χ4v) is 5.18. The Bertz CT molecular complexity index is 399. The molecule has 2 N–H and O–H groups in total. The van der Waals surface area contributed by atoms with Crippen molar-refractivity contribution in [3.8, 4) is 0 Å². The number of nitrogen functional groups attached to an aromatic ring is 1. The molecule has 4 fully saturated rings. The van der Waals surface area contributed by atoms with Gasteiger partial charge in [-0.1, -0.05) is 6.07 Å². The number of nitrogens with zero attached hydrogens (tertiary/aromatic N) is 1. The van der Waals surface area contributed by atoms with E-state index < -0.39 is 0 Å². The molecule has 0 unspecified atom stereocenters. The van der Waals surface area contributed by atoms with Crippen LogP contribution in [-0.4, -0.2) is 4.98 Å². The predicted molar refractivity (Wildman–Crippen MR) is 68.5 cm³/mol. The number of rotatable bonds is 1. The van der Waals surface area contributed by atoms with Gasteiger partial charge in [0, 0.05) is 6.20 Å². The second-order valence-electron chi connectivity index (χ2n) is 6.67. The van der Waals surface area contributed by atoms with Crippen LogP contribution in [-0.2, 0) is 5.41 Å². The SMILES string of the molecule is Nc1ccc(C23CC4CC(CC(C4)C2)C3)cn1. The van der Waals surface area contributed by atoms with Gasteiger partial charge in [0.1, 0.15) is 5.82 Å². The molecule has 1 heterocycles. The molecule has 2 heteroatoms. The summed E-state index contributed by atoms with van der Waals surface area (Å²) in [6.07, 6.45) is 10.8. The van der Waals surface area contributed by atoms with Gasteiger partial charge in [0.05, 0.1) is 0 Å². The average Bonchev–Trinajstić information content (AvgIpc) is 2.27. The Kier molecular flexibility index (Phi) is 1.89. The number of aromatic nitrogens is 1. The summed E-state index contributed by atoms with van der Waals surface area (Å²) < 4.78 is 0. The molecular formula is C15H20N2. The normalized spacial score (nSPS) is 42.9. The number of anilines is 1. The fraction of sp³-hybridized carbons (Fsp3) is 0.667. The lowest BCUT2D eigenvalue weighted by Crippen LogP contribution is -2.48. The van der Waals surface area contributed by atoms with Crippen molar-refractivity contribution in [2.24, 2.45) is 17.8 Å². The minimum atomic E-state index is 0.468. The Balaban J connectivity index is 1.74. The van der Waals surface area contributed by atoms with Crippen molar-refractivity contribution >= 4 is 5.82 Å². The molecule has 5 rings (SSSR count). The molecule has 0 aliphatic heterocycles. The summed E-state index contributed by atoms with van der Waals surface area (Å²) in [6.45, 7) is 0. The molecule has 0 atom stereocenters. The van der Waals surface area contributed by atoms with Crippen molar-refractivity contribution in [3.05, 3.63) is 23.9 Å². The Morgan fingerprint density at radius 1 is 1.00 bits per heavy atom. The average molecular weight is 228 g/mol. The first-order valence-electron chi connectivity index (χ1n) is 6.95. The summed E-state index contributed by atoms with van der Waals surface area (Å²) in [4.78, 5) is 4.31. The zero-order valence-electron chi connectivity index (χ0n) is 10.2. The van der Waals surface area contributed by atoms with Gasteiger partial charge < -0.3 is 5.73 Å². The van der Waals surface area contributed by atoms with Gasteiger partial charge in [0.15, 0.2) is 0 Å². The van der Waals surface area contributed by atoms with E-state index in [1.807, 2.05) is 12.3 Å². The lowest BCUT2D eigenvalue weighted by molar-refractivity contribution is -0.00532. The van der Waals surface area contributed by atoms with Gasteiger partial charge in [-0.15, -0.1) is 0 Å². The second kappa shape index (κ2) is 3.24. The monoisotopic (exact) mass is 228 g/mol. The van der Waals surface area contributed by atoms with Gasteiger partial charge in [-0.2, -0.15) is 0 Å². The molecule has 90 valence electrons. The van der Waals surface area contributed by atoms with Crippen LogP contribution in [0.2, 0.25) is 0 Å². The zero-order valence-corrected chi connectivity index (χ0v) is 10.2. The molecule has 4 saturated carbocycles. The summed E-state index contributed by atoms with van der Waals surface area (Å²) in [5.74, 6) is 3.65. The van der Waals surface area contributed by atoms with E-state index in [0.717, 1.165) is 17.8 Å². The minimum Gasteiger partial charge on any atom is -0.384 e. The Morgan fingerprint density at radius 3 is 2.06 bits per heavy atom. The molecule has 4 aliphatic rings. The lowest BCUT2D eigenvalue weighted by atomic mass is 9.48. The van der Waals surface area contributed by atoms with Crippen LogP contribution in [0.5, 0.6) is 0 Å². The second-order valence-corrected chi connectivity index (χ2v) is 6.67. The quantitative estimate of drug-likeness (QED) is 0.802. The Morgan fingerprint density at radius 2 is 1.59 bits per heavy atom. The third-order valence-corrected chi connectivity index (χ3v) is 5.44. The standard InChI is InChI=1S/C15H20N2/c16-14-2-1-13(9-17-14)15-6-10-3-11(7-15)5-12(4-10)8-15/h1-2,9-12H,3-8H2,(H2,16,17). The lowest BCUT2D eigenvalue weighted by Gasteiger charge is -2.57. The third-order valence-electron chi connectivity index (χ3n) is 5.44. The van der Waals surface area contributed by atoms with E-state index in [2.05, 4.69) is 11.1 Å². The molecule has 2 nitrogen and oxygen atoms in total. The van der Waals surface area contributed by atoms with Crippen LogP contribution in [0, 0.1) is 17.8 Å². The van der Waals surface area contributed by atoms with Crippen molar-refractivity contribution < 1.29 is 0 Å². The highest BCUT2D eigenvalue weighted by Gasteiger charge is 2.51. The summed E-state index contributed by atoms with van der Waals surface area (Å²) in [5.41, 5.74) is 7.64. The molecule has 1 aromatic heterocycles. The third kappa shape index (κ3) is 1.42. The van der Waals surface area contributed by atoms with Gasteiger partial charge >= 0.3 is 0 Å². The minimum absolute atomic E-state index is 0.468. The first-order valence-corrected chi connectivity index (χ1v) is 6.95. The van der Waals surface area contributed by atoms with E-state index in [4.69, 9.17) is 5.73 Å². The maximum Gasteiger partial charge on any atom is 0.123 e. The van der Waals surface area contributed by atoms with Crippen LogP contribution in [0.25, 0.3) is 0 Å². The highest BCUT2D eigenvalue weighted by Crippen LogP contribution is 2.60. The maximum absolute atomic E-state index is 5.71. The number of hydrogen-bond acceptors (Lipinski definition) is 2. The summed E-state index contributed by atoms with van der Waals surface area (Å²) in [7, 11) is 0. The van der Waals surface area contributed by atoms with Crippen molar-refractivity contribution in [1.82, 2.24) is 4.98 Å². The Labute approximate surface area is 103 Å². The van der Waals surface area contributed by atoms with E-state index in [9.17, 15) is 0 Å². The van der Waals surface area contributed by atoms with Gasteiger partial charge in [-0.3, -0.25) is 0 Å². The maximum atomic E-state index is 5.71. The molecule has 0 spiro atoms.